The zero-order valence-corrected chi connectivity index (χ0v) is 68.8. The van der Waals surface area contributed by atoms with Gasteiger partial charge in [0.05, 0.1) is 103 Å². The molecule has 0 bridgehead atoms. The summed E-state index contributed by atoms with van der Waals surface area (Å²) >= 11 is 0. The summed E-state index contributed by atoms with van der Waals surface area (Å²) in [5.74, 6) is 0.906. The Morgan fingerprint density at radius 2 is 1.08 bits per heavy atom. The minimum atomic E-state index is -0.121. The Hall–Kier alpha value is -12.8. The number of pyridine rings is 4. The van der Waals surface area contributed by atoms with Gasteiger partial charge < -0.3 is 30.6 Å². The van der Waals surface area contributed by atoms with Gasteiger partial charge in [0.2, 0.25) is 0 Å². The highest BCUT2D eigenvalue weighted by Gasteiger charge is 2.32. The predicted molar refractivity (Wildman–Crippen MR) is 465 cm³/mol. The smallest absolute Gasteiger partial charge is 0.258 e. The van der Waals surface area contributed by atoms with E-state index in [1.54, 1.807) is 55.6 Å². The maximum Gasteiger partial charge on any atom is 0.258 e. The first-order valence-corrected chi connectivity index (χ1v) is 41.3. The second-order valence-corrected chi connectivity index (χ2v) is 32.6. The lowest BCUT2D eigenvalue weighted by Gasteiger charge is -2.38. The summed E-state index contributed by atoms with van der Waals surface area (Å²) in [6.45, 7) is 27.1. The lowest BCUT2D eigenvalue weighted by Crippen LogP contribution is -2.50. The van der Waals surface area contributed by atoms with Gasteiger partial charge in [0.25, 0.3) is 22.2 Å². The van der Waals surface area contributed by atoms with Crippen molar-refractivity contribution in [3.05, 3.63) is 251 Å². The molecule has 5 aliphatic rings. The average molecular weight is 1590 g/mol. The summed E-state index contributed by atoms with van der Waals surface area (Å²) in [5, 5.41) is 21.5. The highest BCUT2D eigenvalue weighted by molar-refractivity contribution is 5.84. The van der Waals surface area contributed by atoms with Crippen molar-refractivity contribution in [3.63, 3.8) is 0 Å². The molecule has 4 fully saturated rings. The van der Waals surface area contributed by atoms with Crippen molar-refractivity contribution < 1.29 is 0 Å². The molecule has 0 spiro atoms. The summed E-state index contributed by atoms with van der Waals surface area (Å²) in [6, 6.07) is 31.6. The standard InChI is InChI=1S/C25H28N6O.C23H24N6O.C21H23N7O.C21H22N6O/c1-3-18-11-19(14-30-13-17(2)26-25(18)30)22-12-24(32)31-16-21(6-7-23(31)27-22)29-10-9-28-8-4-5-20(28)15-29;1-13-7-18(8-14(2)24-13)17-5-6-22-26-19(10-23(30)28(22)12-17)20-9-21-16(4)25-15(3)11-29(21)27-20;1-13-10-28-19(14(2)23-13)7-18(25-28)17-8-21(29)27-12-16(3-4-20(27)24-17)26-6-5-15(9-22)11-26;1-13-21-24-18(15-3-4-17-16(9-15)11-26(2)25-17)10-20(28)27(21)12-19(23-13)14-5-7-22-8-6-14/h6-7,11-14,16,20H,3-5,8-10,15H2,1-2H3;5-7,9-14,24H,8H2,1-4H3;3-4,7-8,10,12,15H,5-6,9,11,22H2,1-2H3;3-4,9-12,14,22H,5-8H2,1-2H3/t20-;13-,14-;15-;/m001./s1. The van der Waals surface area contributed by atoms with Crippen LogP contribution in [-0.2, 0) is 13.5 Å². The number of hydrogen-bond donors (Lipinski definition) is 3. The molecule has 21 rings (SSSR count). The highest BCUT2D eigenvalue weighted by Crippen LogP contribution is 2.32. The molecular formula is C90H97N25O4. The van der Waals surface area contributed by atoms with Crippen molar-refractivity contribution in [1.29, 1.82) is 0 Å². The van der Waals surface area contributed by atoms with Crippen LogP contribution in [-0.4, -0.2) is 173 Å². The summed E-state index contributed by atoms with van der Waals surface area (Å²) in [4.78, 5) is 96.4. The minimum absolute atomic E-state index is 0.0497. The molecule has 0 aliphatic carbocycles. The van der Waals surface area contributed by atoms with Crippen molar-refractivity contribution in [2.24, 2.45) is 18.7 Å². The Balaban J connectivity index is 0.000000109. The zero-order chi connectivity index (χ0) is 82.2. The van der Waals surface area contributed by atoms with Gasteiger partial charge >= 0.3 is 0 Å². The van der Waals surface area contributed by atoms with Crippen LogP contribution in [0.1, 0.15) is 116 Å². The van der Waals surface area contributed by atoms with Gasteiger partial charge in [-0.2, -0.15) is 15.3 Å². The fourth-order valence-corrected chi connectivity index (χ4v) is 17.8. The van der Waals surface area contributed by atoms with Crippen molar-refractivity contribution in [3.8, 4) is 45.3 Å². The molecular weight excluding hydrogens is 1500 g/mol. The molecule has 15 aromatic heterocycles. The van der Waals surface area contributed by atoms with Crippen LogP contribution in [0.5, 0.6) is 0 Å². The summed E-state index contributed by atoms with van der Waals surface area (Å²) in [6.07, 6.45) is 27.1. The van der Waals surface area contributed by atoms with Crippen molar-refractivity contribution in [1.82, 2.24) is 106 Å². The van der Waals surface area contributed by atoms with E-state index >= 15 is 0 Å². The third-order valence-corrected chi connectivity index (χ3v) is 23.8. The van der Waals surface area contributed by atoms with Gasteiger partial charge in [-0.25, -0.2) is 34.0 Å². The molecule has 29 heteroatoms. The lowest BCUT2D eigenvalue weighted by molar-refractivity contribution is 0.231. The van der Waals surface area contributed by atoms with Crippen LogP contribution in [0.15, 0.2) is 178 Å². The number of hydrogen-bond acceptors (Lipinski definition) is 21. The molecule has 4 saturated heterocycles. The summed E-state index contributed by atoms with van der Waals surface area (Å²) in [7, 11) is 1.90. The molecule has 20 heterocycles. The Kier molecular flexibility index (Phi) is 20.7. The maximum atomic E-state index is 13.1. The van der Waals surface area contributed by atoms with E-state index < -0.39 is 0 Å². The number of aryl methyl sites for hydroxylation is 8. The zero-order valence-electron chi connectivity index (χ0n) is 68.8. The quantitative estimate of drug-likeness (QED) is 0.115. The Bertz CT molecular complexity index is 6960. The number of nitrogens with zero attached hydrogens (tertiary/aromatic N) is 22. The largest absolute Gasteiger partial charge is 0.370 e. The van der Waals surface area contributed by atoms with Crippen LogP contribution in [0.3, 0.4) is 0 Å². The number of nitrogens with one attached hydrogen (secondary N) is 2. The Morgan fingerprint density at radius 1 is 0.487 bits per heavy atom. The first kappa shape index (κ1) is 77.4. The first-order chi connectivity index (χ1) is 57.5. The molecule has 119 heavy (non-hydrogen) atoms. The fraction of sp³-hybridized carbons (Fsp3) is 0.344. The molecule has 4 N–H and O–H groups in total. The van der Waals surface area contributed by atoms with Gasteiger partial charge in [-0.15, -0.1) is 0 Å². The van der Waals surface area contributed by atoms with E-state index in [0.29, 0.717) is 93.3 Å². The van der Waals surface area contributed by atoms with Crippen LogP contribution in [0.2, 0.25) is 0 Å². The molecule has 0 amide bonds. The maximum absolute atomic E-state index is 13.1. The molecule has 0 unspecified atom stereocenters. The molecule has 16 aromatic rings. The van der Waals surface area contributed by atoms with Crippen LogP contribution >= 0.6 is 0 Å². The highest BCUT2D eigenvalue weighted by atomic mass is 16.1. The third kappa shape index (κ3) is 15.7. The molecule has 5 aliphatic heterocycles. The average Bonchev–Trinajstić information content (AvgIpc) is 1.30. The van der Waals surface area contributed by atoms with Crippen molar-refractivity contribution in [2.75, 3.05) is 68.7 Å². The van der Waals surface area contributed by atoms with E-state index in [0.717, 1.165) is 179 Å². The van der Waals surface area contributed by atoms with E-state index in [4.69, 9.17) is 25.7 Å². The third-order valence-electron chi connectivity index (χ3n) is 23.8. The summed E-state index contributed by atoms with van der Waals surface area (Å²) in [5.41, 5.74) is 29.2. The van der Waals surface area contributed by atoms with E-state index in [1.165, 1.54) is 25.0 Å². The normalized spacial score (nSPS) is 17.8. The molecule has 29 nitrogen and oxygen atoms in total. The number of imidazole rings is 1. The number of nitrogens with two attached hydrogens (primary N) is 1. The van der Waals surface area contributed by atoms with E-state index in [9.17, 15) is 19.2 Å². The van der Waals surface area contributed by atoms with Crippen LogP contribution < -0.4 is 48.4 Å². The Morgan fingerprint density at radius 3 is 1.72 bits per heavy atom. The van der Waals surface area contributed by atoms with Gasteiger partial charge in [0.15, 0.2) is 5.65 Å². The monoisotopic (exact) mass is 1590 g/mol. The summed E-state index contributed by atoms with van der Waals surface area (Å²) < 4.78 is 14.0. The van der Waals surface area contributed by atoms with Crippen molar-refractivity contribution in [2.45, 2.75) is 131 Å². The van der Waals surface area contributed by atoms with E-state index in [1.807, 2.05) is 169 Å². The van der Waals surface area contributed by atoms with Crippen molar-refractivity contribution >= 4 is 67.1 Å². The topological polar surface area (TPSA) is 306 Å². The van der Waals surface area contributed by atoms with Gasteiger partial charge in [-0.1, -0.05) is 19.1 Å². The fourth-order valence-electron chi connectivity index (χ4n) is 17.8. The second kappa shape index (κ2) is 31.9. The number of rotatable bonds is 10. The number of fused-ring (bicyclic) bond motifs is 9. The van der Waals surface area contributed by atoms with E-state index in [2.05, 4.69) is 99.5 Å². The predicted octanol–water partition coefficient (Wildman–Crippen LogP) is 10.6. The number of piperidine rings is 1. The van der Waals surface area contributed by atoms with Gasteiger partial charge in [-0.05, 0) is 216 Å². The van der Waals surface area contributed by atoms with E-state index in [-0.39, 0.29) is 22.2 Å². The van der Waals surface area contributed by atoms with Crippen LogP contribution in [0.25, 0.3) is 101 Å². The van der Waals surface area contributed by atoms with Gasteiger partial charge in [0, 0.05) is 148 Å². The minimum Gasteiger partial charge on any atom is -0.370 e. The SMILES string of the molecule is CCc1cc(-c2cc(=O)n3cc(N4CCN5CCC[C@H]5C4)ccc3n2)cn2cc(C)nc12.Cc1cn2nc(-c3cc(=O)n4cc(C5=C[C@H](C)N[C@@H](C)C5)ccc4n3)cc2c(C)n1.Cc1cn2nc(-c3cc(=O)n4cc(N5CC[C@H](CN)C5)ccc4n3)cc2c(C)n1.Cc1nc(C2CCNCC2)cn2c(=O)cc(-c3ccc4nn(C)cc4c3)nc12. The molecule has 0 saturated carbocycles. The molecule has 606 valence electrons. The van der Waals surface area contributed by atoms with Crippen LogP contribution in [0, 0.1) is 47.5 Å². The lowest BCUT2D eigenvalue weighted by atomic mass is 9.94. The number of piperazine rings is 1. The Labute approximate surface area is 685 Å². The first-order valence-electron chi connectivity index (χ1n) is 41.3. The van der Waals surface area contributed by atoms with Gasteiger partial charge in [0.1, 0.15) is 34.0 Å². The van der Waals surface area contributed by atoms with Gasteiger partial charge in [-0.3, -0.25) is 61.3 Å². The molecule has 1 aromatic carbocycles. The molecule has 0 radical (unpaired) electrons. The second-order valence-electron chi connectivity index (χ2n) is 32.6. The number of aromatic nitrogens is 19. The van der Waals surface area contributed by atoms with Crippen LogP contribution in [0.4, 0.5) is 11.4 Å². The number of benzene rings is 1. The number of anilines is 2. The molecule has 4 atom stereocenters.